The average Bonchev–Trinajstić information content (AvgIpc) is 3.29. The molecule has 8 rings (SSSR count). The molecule has 0 spiro atoms. The van der Waals surface area contributed by atoms with Gasteiger partial charge < -0.3 is 0 Å². The van der Waals surface area contributed by atoms with E-state index < -0.39 is 52.4 Å². The van der Waals surface area contributed by atoms with E-state index in [-0.39, 0.29) is 77.2 Å². The third-order valence-corrected chi connectivity index (χ3v) is 10.8. The maximum absolute atomic E-state index is 14.2. The summed E-state index contributed by atoms with van der Waals surface area (Å²) in [7, 11) is 0. The summed E-state index contributed by atoms with van der Waals surface area (Å²) in [5.41, 5.74) is -4.52. The van der Waals surface area contributed by atoms with Gasteiger partial charge in [0.2, 0.25) is 0 Å². The fourth-order valence-corrected chi connectivity index (χ4v) is 7.71. The van der Waals surface area contributed by atoms with Gasteiger partial charge in [-0.25, -0.2) is 0 Å². The molecule has 8 aromatic rings. The van der Waals surface area contributed by atoms with Crippen LogP contribution in [0.25, 0.3) is 44.8 Å². The summed E-state index contributed by atoms with van der Waals surface area (Å²) in [6, 6.07) is 42.0. The molecule has 0 amide bonds. The van der Waals surface area contributed by atoms with Crippen molar-refractivity contribution in [2.75, 3.05) is 0 Å². The van der Waals surface area contributed by atoms with Crippen molar-refractivity contribution in [1.82, 2.24) is 9.97 Å². The van der Waals surface area contributed by atoms with Gasteiger partial charge in [0.15, 0.2) is 0 Å². The van der Waals surface area contributed by atoms with Crippen molar-refractivity contribution < 1.29 is 73.8 Å². The summed E-state index contributed by atoms with van der Waals surface area (Å²) >= 11 is 0. The van der Waals surface area contributed by atoms with E-state index in [9.17, 15) is 52.7 Å². The number of nitrogens with zero attached hydrogens (tertiary/aromatic N) is 2. The van der Waals surface area contributed by atoms with Crippen molar-refractivity contribution in [2.45, 2.75) is 30.1 Å². The number of hydrogen-bond acceptors (Lipinski definition) is 2. The average molecular weight is 1090 g/mol. The molecule has 0 saturated heterocycles. The van der Waals surface area contributed by atoms with Crippen LogP contribution in [0.5, 0.6) is 0 Å². The van der Waals surface area contributed by atoms with Crippen LogP contribution in [0.2, 0.25) is 0 Å². The van der Waals surface area contributed by atoms with Crippen LogP contribution in [0.4, 0.5) is 52.7 Å². The molecule has 2 aromatic heterocycles. The molecule has 0 unspecified atom stereocenters. The van der Waals surface area contributed by atoms with E-state index >= 15 is 0 Å². The fourth-order valence-electron chi connectivity index (χ4n) is 7.71. The first-order chi connectivity index (χ1) is 30.7. The number of alkyl halides is 12. The predicted molar refractivity (Wildman–Crippen MR) is 220 cm³/mol. The molecule has 2 heterocycles. The predicted octanol–water partition coefficient (Wildman–Crippen LogP) is 15.2. The van der Waals surface area contributed by atoms with E-state index in [4.69, 9.17) is 9.97 Å². The molecular formula is C51H28F12N2Pt. The molecule has 336 valence electrons. The normalized spacial score (nSPS) is 12.4. The molecule has 0 N–H and O–H groups in total. The number of benzene rings is 6. The molecule has 6 aromatic carbocycles. The number of halogens is 12. The van der Waals surface area contributed by atoms with Crippen molar-refractivity contribution in [2.24, 2.45) is 0 Å². The van der Waals surface area contributed by atoms with Gasteiger partial charge in [-0.15, -0.1) is 59.7 Å². The Bertz CT molecular complexity index is 2760. The third-order valence-electron chi connectivity index (χ3n) is 10.8. The molecule has 15 heteroatoms. The van der Waals surface area contributed by atoms with Gasteiger partial charge in [0.1, 0.15) is 5.41 Å². The Hall–Kier alpha value is -6.53. The van der Waals surface area contributed by atoms with Gasteiger partial charge in [-0.2, -0.15) is 52.7 Å². The molecule has 66 heavy (non-hydrogen) atoms. The van der Waals surface area contributed by atoms with Gasteiger partial charge in [-0.3, -0.25) is 9.97 Å². The maximum Gasteiger partial charge on any atom is 2.00 e. The molecule has 0 radical (unpaired) electrons. The zero-order chi connectivity index (χ0) is 46.4. The van der Waals surface area contributed by atoms with Gasteiger partial charge in [0.05, 0.1) is 22.5 Å². The van der Waals surface area contributed by atoms with Gasteiger partial charge in [0.25, 0.3) is 0 Å². The smallest absolute Gasteiger partial charge is 0.299 e. The number of pyridine rings is 2. The number of hydrogen-bond donors (Lipinski definition) is 0. The van der Waals surface area contributed by atoms with E-state index in [0.29, 0.717) is 11.1 Å². The molecule has 0 atom stereocenters. The van der Waals surface area contributed by atoms with Crippen LogP contribution in [0.1, 0.15) is 44.8 Å². The molecule has 0 fully saturated rings. The molecule has 0 aliphatic rings. The summed E-state index contributed by atoms with van der Waals surface area (Å²) in [4.78, 5) is 10.1. The molecule has 2 nitrogen and oxygen atoms in total. The third kappa shape index (κ3) is 9.42. The van der Waals surface area contributed by atoms with Crippen molar-refractivity contribution in [3.63, 3.8) is 0 Å². The quantitative estimate of drug-likeness (QED) is 0.112. The zero-order valence-electron chi connectivity index (χ0n) is 33.4. The molecule has 0 aliphatic heterocycles. The largest absolute Gasteiger partial charge is 2.00 e. The Morgan fingerprint density at radius 3 is 0.985 bits per heavy atom. The summed E-state index contributed by atoms with van der Waals surface area (Å²) in [5, 5.41) is 0. The Kier molecular flexibility index (Phi) is 13.0. The second-order valence-corrected chi connectivity index (χ2v) is 14.8. The van der Waals surface area contributed by atoms with Crippen molar-refractivity contribution in [3.05, 3.63) is 227 Å². The first kappa shape index (κ1) is 47.4. The van der Waals surface area contributed by atoms with E-state index in [1.54, 1.807) is 60.7 Å². The fraction of sp³-hybridized carbons (Fsp3) is 0.0980. The summed E-state index contributed by atoms with van der Waals surface area (Å²) in [6.07, 6.45) is -19.0. The topological polar surface area (TPSA) is 25.8 Å². The molecule has 0 saturated carbocycles. The van der Waals surface area contributed by atoms with Crippen LogP contribution in [0.3, 0.4) is 0 Å². The Balaban J connectivity index is 0.00000648. The van der Waals surface area contributed by atoms with Crippen LogP contribution in [0, 0.1) is 12.1 Å². The van der Waals surface area contributed by atoms with E-state index in [2.05, 4.69) is 12.1 Å². The van der Waals surface area contributed by atoms with Gasteiger partial charge >= 0.3 is 45.8 Å². The minimum Gasteiger partial charge on any atom is -0.299 e. The first-order valence-electron chi connectivity index (χ1n) is 19.4. The Morgan fingerprint density at radius 1 is 0.333 bits per heavy atom. The summed E-state index contributed by atoms with van der Waals surface area (Å²) < 4.78 is 167. The molecule has 0 aliphatic carbocycles. The standard InChI is InChI=1S/C51H28F12N2.Pt/c52-48(53,54)37-21-17-31(18-22-37)41-25-27-43(64-45(41)33-9-7-15-39(29-33)50(58,59)60)47(35-11-3-1-4-12-35,36-13-5-2-6-14-36)44-28-26-42(32-19-23-38(24-20-32)49(55,56)57)46(65-44)34-10-8-16-40(30-34)51(61,62)63;/h1-8,11-30H;/q-2;+2. The van der Waals surface area contributed by atoms with E-state index in [1.807, 2.05) is 0 Å². The second-order valence-electron chi connectivity index (χ2n) is 14.8. The monoisotopic (exact) mass is 1090 g/mol. The van der Waals surface area contributed by atoms with Crippen LogP contribution in [0.15, 0.2) is 170 Å². The van der Waals surface area contributed by atoms with Crippen LogP contribution >= 0.6 is 0 Å². The van der Waals surface area contributed by atoms with Crippen LogP contribution in [-0.4, -0.2) is 9.97 Å². The number of aromatic nitrogens is 2. The van der Waals surface area contributed by atoms with Crippen molar-refractivity contribution in [1.29, 1.82) is 0 Å². The Labute approximate surface area is 383 Å². The maximum atomic E-state index is 14.2. The summed E-state index contributed by atoms with van der Waals surface area (Å²) in [6.45, 7) is 0. The molecule has 0 bridgehead atoms. The first-order valence-corrected chi connectivity index (χ1v) is 19.4. The summed E-state index contributed by atoms with van der Waals surface area (Å²) in [5.74, 6) is 0. The second kappa shape index (κ2) is 18.0. The van der Waals surface area contributed by atoms with Crippen LogP contribution < -0.4 is 0 Å². The minimum absolute atomic E-state index is 0. The van der Waals surface area contributed by atoms with Crippen LogP contribution in [-0.2, 0) is 51.2 Å². The SMILES string of the molecule is FC(F)(F)c1ccc(-c2ccc(C(c3ccccc3)(c3ccccc3)c3ccc(-c4ccc(C(F)(F)F)cc4)c(-c4[c-]ccc(C(F)(F)F)c4)n3)nc2-c2[c-]ccc(C(F)(F)F)c2)cc1.[Pt+2]. The Morgan fingerprint density at radius 2 is 0.667 bits per heavy atom. The van der Waals surface area contributed by atoms with E-state index in [0.717, 1.165) is 84.9 Å². The van der Waals surface area contributed by atoms with Gasteiger partial charge in [-0.1, -0.05) is 97.1 Å². The van der Waals surface area contributed by atoms with Crippen molar-refractivity contribution in [3.8, 4) is 44.8 Å². The van der Waals surface area contributed by atoms with Gasteiger partial charge in [-0.05, 0) is 92.3 Å². The van der Waals surface area contributed by atoms with Crippen molar-refractivity contribution >= 4 is 0 Å². The zero-order valence-corrected chi connectivity index (χ0v) is 35.7. The number of rotatable bonds is 8. The van der Waals surface area contributed by atoms with Gasteiger partial charge in [0, 0.05) is 0 Å². The molecular weight excluding hydrogens is 1060 g/mol. The minimum atomic E-state index is -4.82. The van der Waals surface area contributed by atoms with E-state index in [1.165, 1.54) is 24.3 Å².